The van der Waals surface area contributed by atoms with E-state index in [4.69, 9.17) is 4.74 Å². The molecule has 2 heterocycles. The number of H-pyrrole nitrogens is 1. The molecular formula is C20H17F3N2O2. The Morgan fingerprint density at radius 2 is 1.85 bits per heavy atom. The normalized spacial score (nSPS) is 17.0. The lowest BCUT2D eigenvalue weighted by molar-refractivity contribution is -0.182. The molecule has 0 saturated carbocycles. The van der Waals surface area contributed by atoms with Gasteiger partial charge in [-0.3, -0.25) is 4.79 Å². The highest BCUT2D eigenvalue weighted by atomic mass is 19.4. The van der Waals surface area contributed by atoms with Crippen LogP contribution in [0, 0.1) is 0 Å². The van der Waals surface area contributed by atoms with Gasteiger partial charge in [0, 0.05) is 23.0 Å². The van der Waals surface area contributed by atoms with Gasteiger partial charge in [0.05, 0.1) is 12.8 Å². The van der Waals surface area contributed by atoms with E-state index in [-0.39, 0.29) is 17.8 Å². The number of benzene rings is 2. The molecule has 3 aromatic rings. The molecule has 1 N–H and O–H groups in total. The number of methoxy groups -OCH3 is 1. The number of hydrogen-bond acceptors (Lipinski definition) is 2. The Morgan fingerprint density at radius 1 is 1.15 bits per heavy atom. The van der Waals surface area contributed by atoms with Crippen LogP contribution >= 0.6 is 0 Å². The number of alkyl halides is 3. The molecule has 0 aliphatic carbocycles. The maximum atomic E-state index is 14.0. The predicted octanol–water partition coefficient (Wildman–Crippen LogP) is 4.48. The largest absolute Gasteiger partial charge is 0.497 e. The van der Waals surface area contributed by atoms with Gasteiger partial charge < -0.3 is 14.6 Å². The van der Waals surface area contributed by atoms with E-state index in [1.165, 1.54) is 19.2 Å². The van der Waals surface area contributed by atoms with Crippen LogP contribution in [0.4, 0.5) is 13.2 Å². The number of halogens is 3. The van der Waals surface area contributed by atoms with E-state index in [9.17, 15) is 18.0 Å². The lowest BCUT2D eigenvalue weighted by Gasteiger charge is -2.36. The molecule has 4 nitrogen and oxygen atoms in total. The number of ether oxygens (including phenoxy) is 1. The highest BCUT2D eigenvalue weighted by Gasteiger charge is 2.50. The number of hydrogen-bond donors (Lipinski definition) is 1. The number of nitrogens with zero attached hydrogens (tertiary/aromatic N) is 1. The summed E-state index contributed by atoms with van der Waals surface area (Å²) in [5, 5.41) is 0.776. The van der Waals surface area contributed by atoms with Gasteiger partial charge in [0.1, 0.15) is 5.75 Å². The molecule has 0 saturated heterocycles. The van der Waals surface area contributed by atoms with Crippen LogP contribution in [-0.2, 0) is 6.42 Å². The monoisotopic (exact) mass is 374 g/mol. The van der Waals surface area contributed by atoms with Crippen molar-refractivity contribution in [1.29, 1.82) is 0 Å². The summed E-state index contributed by atoms with van der Waals surface area (Å²) in [7, 11) is 1.48. The minimum Gasteiger partial charge on any atom is -0.497 e. The maximum absolute atomic E-state index is 14.0. The van der Waals surface area contributed by atoms with E-state index < -0.39 is 18.1 Å². The molecule has 1 aromatic heterocycles. The van der Waals surface area contributed by atoms with Crippen molar-refractivity contribution in [3.8, 4) is 5.75 Å². The number of fused-ring (bicyclic) bond motifs is 3. The summed E-state index contributed by atoms with van der Waals surface area (Å²) in [5.74, 6) is -0.111. The highest BCUT2D eigenvalue weighted by molar-refractivity contribution is 5.95. The van der Waals surface area contributed by atoms with Crippen LogP contribution in [0.15, 0.2) is 48.5 Å². The van der Waals surface area contributed by atoms with Crippen LogP contribution in [0.5, 0.6) is 5.75 Å². The summed E-state index contributed by atoms with van der Waals surface area (Å²) in [6.45, 7) is 0.00386. The van der Waals surface area contributed by atoms with Gasteiger partial charge in [-0.15, -0.1) is 0 Å². The quantitative estimate of drug-likeness (QED) is 0.719. The molecule has 0 spiro atoms. The fourth-order valence-corrected chi connectivity index (χ4v) is 3.70. The molecule has 1 amide bonds. The maximum Gasteiger partial charge on any atom is 0.414 e. The van der Waals surface area contributed by atoms with Gasteiger partial charge in [-0.05, 0) is 42.3 Å². The third-order valence-corrected chi connectivity index (χ3v) is 4.94. The van der Waals surface area contributed by atoms with Crippen LogP contribution in [0.1, 0.15) is 27.7 Å². The second-order valence-electron chi connectivity index (χ2n) is 6.48. The smallest absolute Gasteiger partial charge is 0.414 e. The number of carbonyl (C=O) groups excluding carboxylic acids is 1. The van der Waals surface area contributed by atoms with Crippen molar-refractivity contribution in [2.45, 2.75) is 18.6 Å². The minimum atomic E-state index is -4.59. The van der Waals surface area contributed by atoms with E-state index in [1.807, 2.05) is 0 Å². The average molecular weight is 374 g/mol. The van der Waals surface area contributed by atoms with Gasteiger partial charge in [-0.25, -0.2) is 0 Å². The molecule has 1 aliphatic rings. The Bertz CT molecular complexity index is 993. The molecule has 7 heteroatoms. The minimum absolute atomic E-state index is 0.00386. The highest BCUT2D eigenvalue weighted by Crippen LogP contribution is 2.44. The number of rotatable bonds is 2. The zero-order valence-corrected chi connectivity index (χ0v) is 14.5. The second-order valence-corrected chi connectivity index (χ2v) is 6.48. The molecule has 4 rings (SSSR count). The lowest BCUT2D eigenvalue weighted by Crippen LogP contribution is -2.46. The SMILES string of the molecule is COc1ccc(C(=O)N2CCc3c([nH]c4ccccc34)[C@@H]2C(F)(F)F)cc1. The number of amides is 1. The molecule has 0 radical (unpaired) electrons. The van der Waals surface area contributed by atoms with Crippen molar-refractivity contribution in [2.75, 3.05) is 13.7 Å². The van der Waals surface area contributed by atoms with Crippen molar-refractivity contribution in [1.82, 2.24) is 9.88 Å². The molecule has 0 bridgehead atoms. The number of aromatic nitrogens is 1. The number of nitrogens with one attached hydrogen (secondary N) is 1. The Balaban J connectivity index is 1.77. The standard InChI is InChI=1S/C20H17F3N2O2/c1-27-13-8-6-12(7-9-13)19(26)25-11-10-15-14-4-2-3-5-16(14)24-17(15)18(25)20(21,22)23/h2-9,18,24H,10-11H2,1H3/t18-/m1/s1. The first-order valence-electron chi connectivity index (χ1n) is 8.51. The van der Waals surface area contributed by atoms with E-state index >= 15 is 0 Å². The zero-order chi connectivity index (χ0) is 19.2. The Hall–Kier alpha value is -2.96. The molecule has 0 fully saturated rings. The van der Waals surface area contributed by atoms with E-state index in [0.29, 0.717) is 23.3 Å². The topological polar surface area (TPSA) is 45.3 Å². The van der Waals surface area contributed by atoms with Crippen molar-refractivity contribution in [2.24, 2.45) is 0 Å². The summed E-state index contributed by atoms with van der Waals surface area (Å²) in [5.41, 5.74) is 1.53. The first-order valence-corrected chi connectivity index (χ1v) is 8.51. The number of aromatic amines is 1. The lowest BCUT2D eigenvalue weighted by atomic mass is 9.96. The van der Waals surface area contributed by atoms with Crippen LogP contribution in [0.2, 0.25) is 0 Å². The molecule has 140 valence electrons. The van der Waals surface area contributed by atoms with Crippen molar-refractivity contribution >= 4 is 16.8 Å². The third-order valence-electron chi connectivity index (χ3n) is 4.94. The van der Waals surface area contributed by atoms with Crippen molar-refractivity contribution in [3.05, 3.63) is 65.4 Å². The van der Waals surface area contributed by atoms with Gasteiger partial charge in [0.25, 0.3) is 5.91 Å². The number of para-hydroxylation sites is 1. The van der Waals surface area contributed by atoms with Crippen LogP contribution in [-0.4, -0.2) is 35.6 Å². The van der Waals surface area contributed by atoms with Crippen LogP contribution in [0.25, 0.3) is 10.9 Å². The van der Waals surface area contributed by atoms with Gasteiger partial charge in [-0.1, -0.05) is 18.2 Å². The van der Waals surface area contributed by atoms with Crippen molar-refractivity contribution in [3.63, 3.8) is 0 Å². The second kappa shape index (κ2) is 6.33. The summed E-state index contributed by atoms with van der Waals surface area (Å²) >= 11 is 0. The predicted molar refractivity (Wildman–Crippen MR) is 94.8 cm³/mol. The summed E-state index contributed by atoms with van der Waals surface area (Å²) in [6.07, 6.45) is -4.22. The van der Waals surface area contributed by atoms with Gasteiger partial charge in [-0.2, -0.15) is 13.2 Å². The Labute approximate surface area is 153 Å². The molecular weight excluding hydrogens is 357 g/mol. The molecule has 1 aliphatic heterocycles. The van der Waals surface area contributed by atoms with Gasteiger partial charge in [0.15, 0.2) is 6.04 Å². The van der Waals surface area contributed by atoms with Gasteiger partial charge >= 0.3 is 6.18 Å². The third kappa shape index (κ3) is 2.93. The summed E-state index contributed by atoms with van der Waals surface area (Å²) < 4.78 is 46.9. The molecule has 1 atom stereocenters. The van der Waals surface area contributed by atoms with Crippen molar-refractivity contribution < 1.29 is 22.7 Å². The fraction of sp³-hybridized carbons (Fsp3) is 0.250. The molecule has 27 heavy (non-hydrogen) atoms. The summed E-state index contributed by atoms with van der Waals surface area (Å²) in [4.78, 5) is 16.6. The average Bonchev–Trinajstić information content (AvgIpc) is 3.04. The molecule has 2 aromatic carbocycles. The zero-order valence-electron chi connectivity index (χ0n) is 14.5. The first-order chi connectivity index (χ1) is 12.9. The Morgan fingerprint density at radius 3 is 2.52 bits per heavy atom. The summed E-state index contributed by atoms with van der Waals surface area (Å²) in [6, 6.07) is 11.2. The number of carbonyl (C=O) groups is 1. The van der Waals surface area contributed by atoms with Gasteiger partial charge in [0.2, 0.25) is 0 Å². The van der Waals surface area contributed by atoms with E-state index in [0.717, 1.165) is 10.3 Å². The Kier molecular flexibility index (Phi) is 4.09. The first kappa shape index (κ1) is 17.5. The van der Waals surface area contributed by atoms with Crippen LogP contribution < -0.4 is 4.74 Å². The van der Waals surface area contributed by atoms with E-state index in [1.54, 1.807) is 36.4 Å². The fourth-order valence-electron chi connectivity index (χ4n) is 3.70. The van der Waals surface area contributed by atoms with Crippen LogP contribution in [0.3, 0.4) is 0 Å². The molecule has 0 unspecified atom stereocenters. The van der Waals surface area contributed by atoms with E-state index in [2.05, 4.69) is 4.98 Å².